The van der Waals surface area contributed by atoms with Crippen molar-refractivity contribution in [2.24, 2.45) is 0 Å². The van der Waals surface area contributed by atoms with Crippen molar-refractivity contribution in [3.8, 4) is 11.8 Å². The van der Waals surface area contributed by atoms with Crippen molar-refractivity contribution in [3.05, 3.63) is 33.4 Å². The molecule has 0 heterocycles. The van der Waals surface area contributed by atoms with Crippen molar-refractivity contribution in [2.75, 3.05) is 6.54 Å². The van der Waals surface area contributed by atoms with Gasteiger partial charge in [-0.3, -0.25) is 4.79 Å². The van der Waals surface area contributed by atoms with E-state index in [2.05, 4.69) is 31.5 Å². The largest absolute Gasteiger partial charge is 0.471 e. The summed E-state index contributed by atoms with van der Waals surface area (Å²) in [6, 6.07) is 7.75. The van der Waals surface area contributed by atoms with Gasteiger partial charge in [0.1, 0.15) is 0 Å². The molecule has 0 unspecified atom stereocenters. The number of alkyl halides is 3. The lowest BCUT2D eigenvalue weighted by Gasteiger charge is -2.22. The van der Waals surface area contributed by atoms with E-state index in [1.54, 1.807) is 24.3 Å². The zero-order chi connectivity index (χ0) is 17.7. The van der Waals surface area contributed by atoms with Crippen LogP contribution in [0.2, 0.25) is 25.7 Å². The number of hydrogen-bond acceptors (Lipinski definition) is 1. The van der Waals surface area contributed by atoms with Crippen LogP contribution in [0, 0.1) is 15.4 Å². The van der Waals surface area contributed by atoms with Crippen molar-refractivity contribution in [2.45, 2.75) is 38.4 Å². The van der Waals surface area contributed by atoms with Crippen molar-refractivity contribution in [1.29, 1.82) is 0 Å². The van der Waals surface area contributed by atoms with Crippen LogP contribution >= 0.6 is 22.6 Å². The monoisotopic (exact) mass is 453 g/mol. The Bertz CT molecular complexity index is 614. The molecule has 1 aromatic carbocycles. The Balaban J connectivity index is 2.90. The fraction of sp³-hybridized carbons (Fsp3) is 0.438. The van der Waals surface area contributed by atoms with E-state index in [-0.39, 0.29) is 13.1 Å². The number of benzene rings is 1. The lowest BCUT2D eigenvalue weighted by molar-refractivity contribution is -0.185. The van der Waals surface area contributed by atoms with Crippen LogP contribution in [0.1, 0.15) is 5.56 Å². The molecule has 7 heteroatoms. The lowest BCUT2D eigenvalue weighted by Crippen LogP contribution is -2.41. The van der Waals surface area contributed by atoms with Gasteiger partial charge in [0.25, 0.3) is 0 Å². The summed E-state index contributed by atoms with van der Waals surface area (Å²) in [7, 11) is -1.38. The molecule has 2 nitrogen and oxygen atoms in total. The third-order valence-electron chi connectivity index (χ3n) is 2.86. The van der Waals surface area contributed by atoms with Gasteiger partial charge in [-0.15, -0.1) is 5.92 Å². The zero-order valence-electron chi connectivity index (χ0n) is 13.3. The Labute approximate surface area is 149 Å². The molecule has 1 amide bonds. The summed E-state index contributed by atoms with van der Waals surface area (Å²) in [6.07, 6.45) is -4.89. The summed E-state index contributed by atoms with van der Waals surface area (Å²) < 4.78 is 39.1. The molecule has 0 bridgehead atoms. The Hall–Kier alpha value is -1.01. The molecule has 0 aliphatic carbocycles. The van der Waals surface area contributed by atoms with Gasteiger partial charge in [-0.1, -0.05) is 43.8 Å². The standard InChI is InChI=1S/C16H19F3INOSi/c1-23(2,3)11-7-6-10-21(15(22)16(17,18)19)12-13-8-4-5-9-14(13)20/h4-5,8-9H,10-12H2,1-3H3. The van der Waals surface area contributed by atoms with Crippen LogP contribution in [0.4, 0.5) is 13.2 Å². The zero-order valence-corrected chi connectivity index (χ0v) is 16.5. The van der Waals surface area contributed by atoms with Crippen molar-refractivity contribution >= 4 is 36.6 Å². The fourth-order valence-electron chi connectivity index (χ4n) is 1.69. The minimum Gasteiger partial charge on any atom is -0.319 e. The summed E-state index contributed by atoms with van der Waals surface area (Å²) in [4.78, 5) is 12.4. The number of hydrogen-bond donors (Lipinski definition) is 0. The number of carbonyl (C=O) groups excluding carboxylic acids is 1. The highest BCUT2D eigenvalue weighted by Crippen LogP contribution is 2.21. The van der Waals surface area contributed by atoms with Crippen LogP contribution in [-0.2, 0) is 11.3 Å². The average molecular weight is 453 g/mol. The molecular weight excluding hydrogens is 434 g/mol. The van der Waals surface area contributed by atoms with Crippen molar-refractivity contribution < 1.29 is 18.0 Å². The summed E-state index contributed by atoms with van der Waals surface area (Å²) in [6.45, 7) is 6.08. The van der Waals surface area contributed by atoms with Crippen LogP contribution in [0.5, 0.6) is 0 Å². The molecule has 0 aliphatic rings. The third-order valence-corrected chi connectivity index (χ3v) is 5.15. The van der Waals surface area contributed by atoms with Gasteiger partial charge in [-0.05, 0) is 34.2 Å². The van der Waals surface area contributed by atoms with Gasteiger partial charge >= 0.3 is 12.1 Å². The predicted molar refractivity (Wildman–Crippen MR) is 96.6 cm³/mol. The molecule has 0 atom stereocenters. The first-order valence-corrected chi connectivity index (χ1v) is 11.8. The van der Waals surface area contributed by atoms with Crippen molar-refractivity contribution in [1.82, 2.24) is 4.90 Å². The smallest absolute Gasteiger partial charge is 0.319 e. The Morgan fingerprint density at radius 3 is 2.35 bits per heavy atom. The molecule has 0 radical (unpaired) electrons. The predicted octanol–water partition coefficient (Wildman–Crippen LogP) is 4.52. The maximum absolute atomic E-state index is 12.8. The normalized spacial score (nSPS) is 11.6. The highest BCUT2D eigenvalue weighted by Gasteiger charge is 2.42. The third kappa shape index (κ3) is 7.39. The second-order valence-corrected chi connectivity index (χ2v) is 13.0. The quantitative estimate of drug-likeness (QED) is 0.373. The average Bonchev–Trinajstić information content (AvgIpc) is 2.41. The SMILES string of the molecule is C[Si](C)(C)CC#CCN(Cc1ccccc1I)C(=O)C(F)(F)F. The lowest BCUT2D eigenvalue weighted by atomic mass is 10.2. The molecule has 0 fully saturated rings. The first-order chi connectivity index (χ1) is 10.5. The fourth-order valence-corrected chi connectivity index (χ4v) is 2.90. The van der Waals surface area contributed by atoms with E-state index in [1.165, 1.54) is 0 Å². The molecule has 0 saturated carbocycles. The maximum Gasteiger partial charge on any atom is 0.471 e. The molecule has 0 spiro atoms. The van der Waals surface area contributed by atoms with Crippen molar-refractivity contribution in [3.63, 3.8) is 0 Å². The van der Waals surface area contributed by atoms with E-state index in [1.807, 2.05) is 22.6 Å². The van der Waals surface area contributed by atoms with Gasteiger partial charge in [0.05, 0.1) is 14.6 Å². The van der Waals surface area contributed by atoms with Crippen LogP contribution in [0.25, 0.3) is 0 Å². The van der Waals surface area contributed by atoms with E-state index in [9.17, 15) is 18.0 Å². The Morgan fingerprint density at radius 2 is 1.83 bits per heavy atom. The first kappa shape index (κ1) is 20.0. The van der Waals surface area contributed by atoms with Crippen LogP contribution < -0.4 is 0 Å². The maximum atomic E-state index is 12.8. The highest BCUT2D eigenvalue weighted by atomic mass is 127. The number of amides is 1. The van der Waals surface area contributed by atoms with Gasteiger partial charge in [-0.25, -0.2) is 0 Å². The molecule has 1 rings (SSSR count). The summed E-state index contributed by atoms with van der Waals surface area (Å²) in [5, 5.41) is 0. The molecular formula is C16H19F3INOSi. The number of halogens is 4. The summed E-state index contributed by atoms with van der Waals surface area (Å²) in [5.74, 6) is 3.79. The van der Waals surface area contributed by atoms with Gasteiger partial charge in [0, 0.05) is 16.2 Å². The van der Waals surface area contributed by atoms with Crippen LogP contribution in [0.3, 0.4) is 0 Å². The second-order valence-electron chi connectivity index (χ2n) is 6.34. The Kier molecular flexibility index (Phi) is 7.14. The number of rotatable bonds is 4. The summed E-state index contributed by atoms with van der Waals surface area (Å²) >= 11 is 2.04. The molecule has 0 saturated heterocycles. The minimum absolute atomic E-state index is 0.0981. The molecule has 1 aromatic rings. The second kappa shape index (κ2) is 8.19. The highest BCUT2D eigenvalue weighted by molar-refractivity contribution is 14.1. The van der Waals surface area contributed by atoms with Crippen LogP contribution in [-0.4, -0.2) is 31.6 Å². The van der Waals surface area contributed by atoms with Gasteiger partial charge in [0.15, 0.2) is 0 Å². The first-order valence-electron chi connectivity index (χ1n) is 7.06. The number of carbonyl (C=O) groups is 1. The molecule has 0 N–H and O–H groups in total. The van der Waals surface area contributed by atoms with E-state index >= 15 is 0 Å². The van der Waals surface area contributed by atoms with Gasteiger partial charge < -0.3 is 4.90 Å². The van der Waals surface area contributed by atoms with Gasteiger partial charge in [-0.2, -0.15) is 13.2 Å². The molecule has 23 heavy (non-hydrogen) atoms. The van der Waals surface area contributed by atoms with E-state index < -0.39 is 20.2 Å². The topological polar surface area (TPSA) is 20.3 Å². The minimum atomic E-state index is -4.89. The van der Waals surface area contributed by atoms with E-state index in [0.717, 1.165) is 8.47 Å². The Morgan fingerprint density at radius 1 is 1.22 bits per heavy atom. The molecule has 0 aromatic heterocycles. The van der Waals surface area contributed by atoms with E-state index in [0.29, 0.717) is 11.6 Å². The molecule has 0 aliphatic heterocycles. The van der Waals surface area contributed by atoms with E-state index in [4.69, 9.17) is 0 Å². The summed E-state index contributed by atoms with van der Waals surface area (Å²) in [5.41, 5.74) is 0.678. The number of nitrogens with zero attached hydrogens (tertiary/aromatic N) is 1. The van der Waals surface area contributed by atoms with Gasteiger partial charge in [0.2, 0.25) is 0 Å². The molecule has 126 valence electrons. The van der Waals surface area contributed by atoms with Crippen LogP contribution in [0.15, 0.2) is 24.3 Å².